The standard InChI is InChI=1S/C20H43N.Na/c1-3-5-7-9-11-13-15-17-19-21-20-18-16-14-12-10-8-6-4-2;/h21H,3-20H2,1-2H3;. The first-order valence-corrected chi connectivity index (χ1v) is 10.1. The summed E-state index contributed by atoms with van der Waals surface area (Å²) in [7, 11) is 0. The predicted octanol–water partition coefficient (Wildman–Crippen LogP) is 6.48. The fourth-order valence-corrected chi connectivity index (χ4v) is 2.89. The van der Waals surface area contributed by atoms with Crippen molar-refractivity contribution in [3.63, 3.8) is 0 Å². The Labute approximate surface area is 164 Å². The molecular weight excluding hydrogens is 277 g/mol. The molecule has 0 aliphatic heterocycles. The van der Waals surface area contributed by atoms with E-state index in [2.05, 4.69) is 19.2 Å². The maximum absolute atomic E-state index is 3.61. The number of nitrogens with one attached hydrogen (secondary N) is 1. The van der Waals surface area contributed by atoms with Crippen molar-refractivity contribution in [2.24, 2.45) is 0 Å². The molecule has 0 aromatic rings. The van der Waals surface area contributed by atoms with E-state index in [1.807, 2.05) is 0 Å². The van der Waals surface area contributed by atoms with Crippen LogP contribution in [0.25, 0.3) is 0 Å². The van der Waals surface area contributed by atoms with Crippen molar-refractivity contribution < 1.29 is 0 Å². The quantitative estimate of drug-likeness (QED) is 0.225. The molecule has 0 atom stereocenters. The molecule has 1 N–H and O–H groups in total. The third kappa shape index (κ3) is 23.2. The van der Waals surface area contributed by atoms with E-state index in [1.54, 1.807) is 0 Å². The number of hydrogen-bond donors (Lipinski definition) is 1. The summed E-state index contributed by atoms with van der Waals surface area (Å²) in [5.41, 5.74) is 0. The van der Waals surface area contributed by atoms with Gasteiger partial charge < -0.3 is 5.32 Å². The maximum atomic E-state index is 3.61. The smallest absolute Gasteiger partial charge is 0 e. The summed E-state index contributed by atoms with van der Waals surface area (Å²) in [6, 6.07) is 0. The topological polar surface area (TPSA) is 12.0 Å². The molecule has 2 heteroatoms. The Hall–Kier alpha value is 0.960. The molecule has 0 aliphatic carbocycles. The van der Waals surface area contributed by atoms with Crippen LogP contribution >= 0.6 is 0 Å². The van der Waals surface area contributed by atoms with Crippen molar-refractivity contribution >= 4 is 29.6 Å². The Morgan fingerprint density at radius 1 is 0.409 bits per heavy atom. The van der Waals surface area contributed by atoms with Gasteiger partial charge in [0, 0.05) is 29.6 Å². The maximum Gasteiger partial charge on any atom is 0 e. The van der Waals surface area contributed by atoms with Gasteiger partial charge in [0.15, 0.2) is 0 Å². The molecule has 129 valence electrons. The molecule has 1 radical (unpaired) electrons. The molecule has 0 spiro atoms. The van der Waals surface area contributed by atoms with Crippen LogP contribution in [0.4, 0.5) is 0 Å². The Bertz CT molecular complexity index is 155. The Morgan fingerprint density at radius 3 is 1.00 bits per heavy atom. The SMILES string of the molecule is CCCCCCCCCCNCCCCCCCCCC.[Na]. The first kappa shape index (κ1) is 25.2. The van der Waals surface area contributed by atoms with Gasteiger partial charge >= 0.3 is 0 Å². The van der Waals surface area contributed by atoms with E-state index >= 15 is 0 Å². The van der Waals surface area contributed by atoms with Gasteiger partial charge in [-0.15, -0.1) is 0 Å². The summed E-state index contributed by atoms with van der Waals surface area (Å²) in [4.78, 5) is 0. The molecule has 0 bridgehead atoms. The zero-order valence-corrected chi connectivity index (χ0v) is 18.2. The summed E-state index contributed by atoms with van der Waals surface area (Å²) in [5, 5.41) is 3.61. The first-order valence-electron chi connectivity index (χ1n) is 10.1. The van der Waals surface area contributed by atoms with Crippen molar-refractivity contribution in [3.05, 3.63) is 0 Å². The second-order valence-corrected chi connectivity index (χ2v) is 6.70. The van der Waals surface area contributed by atoms with E-state index in [4.69, 9.17) is 0 Å². The fourth-order valence-electron chi connectivity index (χ4n) is 2.89. The zero-order chi connectivity index (χ0) is 15.4. The minimum absolute atomic E-state index is 0. The van der Waals surface area contributed by atoms with E-state index < -0.39 is 0 Å². The molecule has 0 amide bonds. The molecule has 22 heavy (non-hydrogen) atoms. The van der Waals surface area contributed by atoms with Gasteiger partial charge in [0.1, 0.15) is 0 Å². The zero-order valence-electron chi connectivity index (χ0n) is 16.2. The van der Waals surface area contributed by atoms with Crippen LogP contribution in [-0.2, 0) is 0 Å². The van der Waals surface area contributed by atoms with Gasteiger partial charge in [-0.1, -0.05) is 104 Å². The summed E-state index contributed by atoms with van der Waals surface area (Å²) < 4.78 is 0. The van der Waals surface area contributed by atoms with Crippen LogP contribution in [0.3, 0.4) is 0 Å². The van der Waals surface area contributed by atoms with Gasteiger partial charge in [-0.05, 0) is 25.9 Å². The fraction of sp³-hybridized carbons (Fsp3) is 1.00. The predicted molar refractivity (Wildman–Crippen MR) is 104 cm³/mol. The van der Waals surface area contributed by atoms with Crippen LogP contribution in [0.1, 0.15) is 117 Å². The first-order chi connectivity index (χ1) is 10.4. The summed E-state index contributed by atoms with van der Waals surface area (Å²) in [6.07, 6.45) is 22.8. The average Bonchev–Trinajstić information content (AvgIpc) is 2.50. The van der Waals surface area contributed by atoms with Gasteiger partial charge in [-0.2, -0.15) is 0 Å². The Kier molecular flexibility index (Phi) is 27.7. The molecule has 0 rings (SSSR count). The molecule has 0 saturated carbocycles. The molecule has 0 aromatic heterocycles. The van der Waals surface area contributed by atoms with Crippen LogP contribution < -0.4 is 5.32 Å². The van der Waals surface area contributed by atoms with E-state index in [1.165, 1.54) is 116 Å². The van der Waals surface area contributed by atoms with Gasteiger partial charge in [0.2, 0.25) is 0 Å². The molecular formula is C20H43NNa. The molecule has 0 aromatic carbocycles. The van der Waals surface area contributed by atoms with Crippen LogP contribution in [0, 0.1) is 0 Å². The van der Waals surface area contributed by atoms with Gasteiger partial charge in [-0.25, -0.2) is 0 Å². The Balaban J connectivity index is 0. The van der Waals surface area contributed by atoms with Crippen LogP contribution in [0.5, 0.6) is 0 Å². The second kappa shape index (κ2) is 24.2. The van der Waals surface area contributed by atoms with E-state index in [9.17, 15) is 0 Å². The van der Waals surface area contributed by atoms with E-state index in [-0.39, 0.29) is 29.6 Å². The van der Waals surface area contributed by atoms with Crippen LogP contribution in [0.15, 0.2) is 0 Å². The minimum Gasteiger partial charge on any atom is -0.317 e. The molecule has 0 unspecified atom stereocenters. The van der Waals surface area contributed by atoms with Crippen LogP contribution in [0.2, 0.25) is 0 Å². The van der Waals surface area contributed by atoms with Crippen molar-refractivity contribution in [3.8, 4) is 0 Å². The molecule has 1 nitrogen and oxygen atoms in total. The van der Waals surface area contributed by atoms with Crippen molar-refractivity contribution in [1.82, 2.24) is 5.32 Å². The van der Waals surface area contributed by atoms with Crippen LogP contribution in [-0.4, -0.2) is 42.6 Å². The number of unbranched alkanes of at least 4 members (excludes halogenated alkanes) is 14. The van der Waals surface area contributed by atoms with E-state index in [0.717, 1.165) is 0 Å². The van der Waals surface area contributed by atoms with Crippen molar-refractivity contribution in [1.29, 1.82) is 0 Å². The van der Waals surface area contributed by atoms with Crippen molar-refractivity contribution in [2.45, 2.75) is 117 Å². The molecule has 0 saturated heterocycles. The number of rotatable bonds is 18. The molecule has 0 aliphatic rings. The Morgan fingerprint density at radius 2 is 0.682 bits per heavy atom. The summed E-state index contributed by atoms with van der Waals surface area (Å²) in [6.45, 7) is 7.06. The van der Waals surface area contributed by atoms with E-state index in [0.29, 0.717) is 0 Å². The van der Waals surface area contributed by atoms with Crippen molar-refractivity contribution in [2.75, 3.05) is 13.1 Å². The largest absolute Gasteiger partial charge is 0.317 e. The molecule has 0 fully saturated rings. The molecule has 0 heterocycles. The summed E-state index contributed by atoms with van der Waals surface area (Å²) in [5.74, 6) is 0. The summed E-state index contributed by atoms with van der Waals surface area (Å²) >= 11 is 0. The average molecular weight is 321 g/mol. The van der Waals surface area contributed by atoms with Gasteiger partial charge in [-0.3, -0.25) is 0 Å². The number of hydrogen-bond acceptors (Lipinski definition) is 1. The normalized spacial score (nSPS) is 10.6. The second-order valence-electron chi connectivity index (χ2n) is 6.70. The minimum atomic E-state index is 0. The third-order valence-corrected chi connectivity index (χ3v) is 4.41. The monoisotopic (exact) mass is 320 g/mol. The van der Waals surface area contributed by atoms with Gasteiger partial charge in [0.25, 0.3) is 0 Å². The third-order valence-electron chi connectivity index (χ3n) is 4.41. The van der Waals surface area contributed by atoms with Gasteiger partial charge in [0.05, 0.1) is 0 Å².